The van der Waals surface area contributed by atoms with Gasteiger partial charge in [-0.15, -0.1) is 0 Å². The summed E-state index contributed by atoms with van der Waals surface area (Å²) in [5, 5.41) is 13.0. The number of allylic oxidation sites excluding steroid dienone is 1. The van der Waals surface area contributed by atoms with Gasteiger partial charge >= 0.3 is 0 Å². The van der Waals surface area contributed by atoms with E-state index in [0.29, 0.717) is 12.1 Å². The molecule has 2 rings (SSSR count). The molecule has 0 aliphatic rings. The summed E-state index contributed by atoms with van der Waals surface area (Å²) in [6.45, 7) is 3.59. The molecule has 0 fully saturated rings. The van der Waals surface area contributed by atoms with Crippen LogP contribution in [0.3, 0.4) is 0 Å². The summed E-state index contributed by atoms with van der Waals surface area (Å²) in [5.41, 5.74) is 2.72. The molecule has 0 saturated heterocycles. The van der Waals surface area contributed by atoms with E-state index in [1.807, 2.05) is 30.5 Å². The van der Waals surface area contributed by atoms with Crippen LogP contribution in [0.4, 0.5) is 0 Å². The van der Waals surface area contributed by atoms with Crippen LogP contribution in [0.5, 0.6) is 0 Å². The molecule has 0 atom stereocenters. The van der Waals surface area contributed by atoms with Crippen molar-refractivity contribution in [2.45, 2.75) is 12.8 Å². The monoisotopic (exact) mass is 226 g/mol. The molecule has 1 aromatic heterocycles. The van der Waals surface area contributed by atoms with E-state index >= 15 is 0 Å². The highest BCUT2D eigenvalue weighted by atomic mass is 16.4. The summed E-state index contributed by atoms with van der Waals surface area (Å²) in [4.78, 5) is 4.38. The number of rotatable bonds is 4. The first-order valence-corrected chi connectivity index (χ1v) is 5.50. The Morgan fingerprint density at radius 1 is 1.41 bits per heavy atom. The van der Waals surface area contributed by atoms with Gasteiger partial charge in [-0.1, -0.05) is 29.9 Å². The molecule has 3 nitrogen and oxygen atoms in total. The van der Waals surface area contributed by atoms with Gasteiger partial charge in [0.15, 0.2) is 0 Å². The molecule has 0 radical (unpaired) electrons. The van der Waals surface area contributed by atoms with Crippen LogP contribution in [0.25, 0.3) is 10.9 Å². The minimum Gasteiger partial charge on any atom is -0.411 e. The van der Waals surface area contributed by atoms with Gasteiger partial charge in [0.2, 0.25) is 0 Å². The zero-order valence-electron chi connectivity index (χ0n) is 9.50. The van der Waals surface area contributed by atoms with Crippen LogP contribution in [-0.2, 0) is 6.42 Å². The van der Waals surface area contributed by atoms with Gasteiger partial charge in [-0.05, 0) is 36.6 Å². The van der Waals surface area contributed by atoms with Gasteiger partial charge in [0.25, 0.3) is 0 Å². The Hall–Kier alpha value is -2.16. The lowest BCUT2D eigenvalue weighted by Crippen LogP contribution is -1.97. The van der Waals surface area contributed by atoms with Crippen molar-refractivity contribution in [2.24, 2.45) is 5.16 Å². The largest absolute Gasteiger partial charge is 0.411 e. The van der Waals surface area contributed by atoms with Crippen LogP contribution in [0.2, 0.25) is 0 Å². The molecule has 1 aromatic carbocycles. The average Bonchev–Trinajstić information content (AvgIpc) is 2.40. The molecule has 2 aromatic rings. The van der Waals surface area contributed by atoms with Gasteiger partial charge < -0.3 is 5.21 Å². The van der Waals surface area contributed by atoms with E-state index in [2.05, 4.69) is 22.8 Å². The van der Waals surface area contributed by atoms with Crippen LogP contribution in [-0.4, -0.2) is 15.9 Å². The molecule has 1 N–H and O–H groups in total. The van der Waals surface area contributed by atoms with E-state index in [9.17, 15) is 0 Å². The maximum Gasteiger partial charge on any atom is 0.0793 e. The second-order valence-corrected chi connectivity index (χ2v) is 3.83. The fourth-order valence-corrected chi connectivity index (χ4v) is 1.72. The Balaban J connectivity index is 2.17. The molecule has 17 heavy (non-hydrogen) atoms. The van der Waals surface area contributed by atoms with Crippen molar-refractivity contribution in [3.8, 4) is 0 Å². The van der Waals surface area contributed by atoms with Gasteiger partial charge in [0.1, 0.15) is 0 Å². The van der Waals surface area contributed by atoms with Crippen molar-refractivity contribution in [3.63, 3.8) is 0 Å². The summed E-state index contributed by atoms with van der Waals surface area (Å²) in [6, 6.07) is 10.1. The molecule has 0 spiro atoms. The van der Waals surface area contributed by atoms with Gasteiger partial charge in [0, 0.05) is 11.6 Å². The second kappa shape index (κ2) is 5.25. The fraction of sp³-hybridized carbons (Fsp3) is 0.143. The van der Waals surface area contributed by atoms with Crippen molar-refractivity contribution in [1.82, 2.24) is 4.98 Å². The summed E-state index contributed by atoms with van der Waals surface area (Å²) >= 11 is 0. The molecule has 1 heterocycles. The van der Waals surface area contributed by atoms with E-state index in [1.165, 1.54) is 0 Å². The van der Waals surface area contributed by atoms with Crippen molar-refractivity contribution in [3.05, 3.63) is 54.7 Å². The number of fused-ring (bicyclic) bond motifs is 1. The zero-order valence-corrected chi connectivity index (χ0v) is 9.50. The number of oxime groups is 1. The Kier molecular flexibility index (Phi) is 3.50. The molecule has 0 saturated carbocycles. The molecular weight excluding hydrogens is 212 g/mol. The first-order valence-electron chi connectivity index (χ1n) is 5.50. The molecule has 86 valence electrons. The molecule has 0 unspecified atom stereocenters. The lowest BCUT2D eigenvalue weighted by molar-refractivity contribution is 0.318. The summed E-state index contributed by atoms with van der Waals surface area (Å²) in [6.07, 6.45) is 4.89. The number of benzene rings is 1. The topological polar surface area (TPSA) is 45.5 Å². The number of aryl methyl sites for hydroxylation is 1. The molecule has 0 bridgehead atoms. The maximum atomic E-state index is 8.68. The van der Waals surface area contributed by atoms with Crippen LogP contribution in [0, 0.1) is 0 Å². The Bertz CT molecular complexity index is 561. The van der Waals surface area contributed by atoms with Crippen molar-refractivity contribution in [2.75, 3.05) is 0 Å². The standard InChI is InChI=1S/C14H14N2O/c1-2-13(16-17)8-7-11-9-12-5-3-4-6-14(12)15-10-11/h2-6,9-10,17H,1,7-8H2. The summed E-state index contributed by atoms with van der Waals surface area (Å²) in [5.74, 6) is 0. The van der Waals surface area contributed by atoms with E-state index in [4.69, 9.17) is 5.21 Å². The maximum absolute atomic E-state index is 8.68. The van der Waals surface area contributed by atoms with Crippen molar-refractivity contribution in [1.29, 1.82) is 0 Å². The summed E-state index contributed by atoms with van der Waals surface area (Å²) < 4.78 is 0. The van der Waals surface area contributed by atoms with E-state index < -0.39 is 0 Å². The number of aromatic nitrogens is 1. The molecular formula is C14H14N2O. The first-order chi connectivity index (χ1) is 8.33. The highest BCUT2D eigenvalue weighted by Crippen LogP contribution is 2.14. The Morgan fingerprint density at radius 3 is 3.00 bits per heavy atom. The smallest absolute Gasteiger partial charge is 0.0793 e. The van der Waals surface area contributed by atoms with Crippen LogP contribution >= 0.6 is 0 Å². The second-order valence-electron chi connectivity index (χ2n) is 3.83. The first kappa shape index (κ1) is 11.3. The number of nitrogens with zero attached hydrogens (tertiary/aromatic N) is 2. The molecule has 0 amide bonds. The quantitative estimate of drug-likeness (QED) is 0.494. The van der Waals surface area contributed by atoms with Crippen LogP contribution in [0.1, 0.15) is 12.0 Å². The SMILES string of the molecule is C=CC(CCc1cnc2ccccc2c1)=NO. The van der Waals surface area contributed by atoms with Gasteiger partial charge in [-0.25, -0.2) is 0 Å². The third-order valence-electron chi connectivity index (χ3n) is 2.68. The van der Waals surface area contributed by atoms with E-state index in [-0.39, 0.29) is 0 Å². The normalized spacial score (nSPS) is 11.6. The van der Waals surface area contributed by atoms with Gasteiger partial charge in [0.05, 0.1) is 11.2 Å². The van der Waals surface area contributed by atoms with E-state index in [0.717, 1.165) is 22.9 Å². The molecule has 3 heteroatoms. The lowest BCUT2D eigenvalue weighted by atomic mass is 10.1. The zero-order chi connectivity index (χ0) is 12.1. The van der Waals surface area contributed by atoms with Crippen LogP contribution in [0.15, 0.2) is 54.3 Å². The summed E-state index contributed by atoms with van der Waals surface area (Å²) in [7, 11) is 0. The van der Waals surface area contributed by atoms with Gasteiger partial charge in [-0.2, -0.15) is 0 Å². The molecule has 0 aliphatic carbocycles. The average molecular weight is 226 g/mol. The van der Waals surface area contributed by atoms with Crippen molar-refractivity contribution >= 4 is 16.6 Å². The third kappa shape index (κ3) is 2.69. The predicted octanol–water partition coefficient (Wildman–Crippen LogP) is 3.18. The third-order valence-corrected chi connectivity index (χ3v) is 2.68. The van der Waals surface area contributed by atoms with E-state index in [1.54, 1.807) is 6.08 Å². The minimum atomic E-state index is 0.596. The Labute approximate surface area is 100 Å². The highest BCUT2D eigenvalue weighted by Gasteiger charge is 2.00. The predicted molar refractivity (Wildman–Crippen MR) is 69.5 cm³/mol. The number of hydrogen-bond acceptors (Lipinski definition) is 3. The van der Waals surface area contributed by atoms with Crippen LogP contribution < -0.4 is 0 Å². The number of hydrogen-bond donors (Lipinski definition) is 1. The Morgan fingerprint density at radius 2 is 2.24 bits per heavy atom. The van der Waals surface area contributed by atoms with Crippen molar-refractivity contribution < 1.29 is 5.21 Å². The highest BCUT2D eigenvalue weighted by molar-refractivity contribution is 5.94. The lowest BCUT2D eigenvalue weighted by Gasteiger charge is -2.02. The molecule has 0 aliphatic heterocycles. The number of para-hydroxylation sites is 1. The minimum absolute atomic E-state index is 0.596. The number of pyridine rings is 1. The van der Waals surface area contributed by atoms with Gasteiger partial charge in [-0.3, -0.25) is 4.98 Å². The fourth-order valence-electron chi connectivity index (χ4n) is 1.72.